The van der Waals surface area contributed by atoms with Gasteiger partial charge in [-0.3, -0.25) is 9.67 Å². The van der Waals surface area contributed by atoms with Gasteiger partial charge in [0.05, 0.1) is 17.9 Å². The lowest BCUT2D eigenvalue weighted by Crippen LogP contribution is -2.38. The molecule has 1 fully saturated rings. The summed E-state index contributed by atoms with van der Waals surface area (Å²) in [5.74, 6) is -0.321. The second-order valence-corrected chi connectivity index (χ2v) is 9.18. The van der Waals surface area contributed by atoms with E-state index in [-0.39, 0.29) is 12.4 Å². The Kier molecular flexibility index (Phi) is 5.50. The molecule has 1 amide bonds. The van der Waals surface area contributed by atoms with Crippen molar-refractivity contribution in [3.8, 4) is 22.5 Å². The van der Waals surface area contributed by atoms with Crippen LogP contribution in [0.5, 0.6) is 0 Å². The zero-order valence-electron chi connectivity index (χ0n) is 18.7. The molecule has 3 aromatic rings. The summed E-state index contributed by atoms with van der Waals surface area (Å²) in [7, 11) is 1.82. The van der Waals surface area contributed by atoms with Crippen molar-refractivity contribution in [3.63, 3.8) is 0 Å². The number of nitrogens with zero attached hydrogens (tertiary/aromatic N) is 4. The number of benzene rings is 1. The van der Waals surface area contributed by atoms with E-state index in [2.05, 4.69) is 10.1 Å². The number of β-amino-alcohol motifs (C(OH)–C–C–N with tert-alkyl or cyclic N) is 1. The molecule has 1 aliphatic rings. The number of carbonyl (C=O) groups is 1. The largest absolute Gasteiger partial charge is 0.444 e. The Morgan fingerprint density at radius 1 is 1.19 bits per heavy atom. The third-order valence-corrected chi connectivity index (χ3v) is 5.43. The lowest BCUT2D eigenvalue weighted by molar-refractivity contribution is 0.0140. The first-order chi connectivity index (χ1) is 15.0. The van der Waals surface area contributed by atoms with Gasteiger partial charge in [-0.15, -0.1) is 0 Å². The van der Waals surface area contributed by atoms with Crippen LogP contribution >= 0.6 is 0 Å². The summed E-state index contributed by atoms with van der Waals surface area (Å²) in [6.45, 7) is 5.89. The molecule has 32 heavy (non-hydrogen) atoms. The van der Waals surface area contributed by atoms with Gasteiger partial charge in [0.1, 0.15) is 17.0 Å². The van der Waals surface area contributed by atoms with Crippen molar-refractivity contribution < 1.29 is 19.0 Å². The second kappa shape index (κ2) is 8.02. The first kappa shape index (κ1) is 22.0. The third kappa shape index (κ3) is 4.50. The van der Waals surface area contributed by atoms with Gasteiger partial charge >= 0.3 is 6.09 Å². The summed E-state index contributed by atoms with van der Waals surface area (Å²) in [6.07, 6.45) is 3.34. The zero-order chi connectivity index (χ0) is 23.1. The molecule has 0 aliphatic carbocycles. The summed E-state index contributed by atoms with van der Waals surface area (Å²) in [5.41, 5.74) is 1.47. The van der Waals surface area contributed by atoms with Gasteiger partial charge in [0.2, 0.25) is 0 Å². The van der Waals surface area contributed by atoms with Gasteiger partial charge in [0, 0.05) is 42.7 Å². The summed E-state index contributed by atoms with van der Waals surface area (Å²) in [5, 5.41) is 16.1. The Balaban J connectivity index is 1.72. The molecule has 1 N–H and O–H groups in total. The van der Waals surface area contributed by atoms with Crippen LogP contribution in [0.25, 0.3) is 22.5 Å². The minimum Gasteiger partial charge on any atom is -0.444 e. The molecule has 8 heteroatoms. The van der Waals surface area contributed by atoms with Gasteiger partial charge in [-0.2, -0.15) is 5.10 Å². The fraction of sp³-hybridized carbons (Fsp3) is 0.375. The Morgan fingerprint density at radius 2 is 1.91 bits per heavy atom. The molecule has 0 saturated carbocycles. The molecule has 1 saturated heterocycles. The monoisotopic (exact) mass is 438 g/mol. The average Bonchev–Trinajstić information content (AvgIpc) is 3.34. The Labute approximate surface area is 186 Å². The number of aliphatic hydroxyl groups is 1. The first-order valence-corrected chi connectivity index (χ1v) is 10.5. The molecule has 168 valence electrons. The molecule has 3 heterocycles. The number of carbonyl (C=O) groups excluding carboxylic acids is 1. The highest BCUT2D eigenvalue weighted by Crippen LogP contribution is 2.39. The summed E-state index contributed by atoms with van der Waals surface area (Å²) in [4.78, 5) is 18.6. The Bertz CT molecular complexity index is 1140. The van der Waals surface area contributed by atoms with E-state index in [9.17, 15) is 14.3 Å². The molecule has 7 nitrogen and oxygen atoms in total. The number of likely N-dealkylation sites (tertiary alicyclic amines) is 1. The van der Waals surface area contributed by atoms with Crippen LogP contribution in [0.1, 0.15) is 32.8 Å². The van der Waals surface area contributed by atoms with Gasteiger partial charge < -0.3 is 14.7 Å². The van der Waals surface area contributed by atoms with E-state index in [0.717, 1.165) is 5.56 Å². The fourth-order valence-corrected chi connectivity index (χ4v) is 3.87. The first-order valence-electron chi connectivity index (χ1n) is 10.5. The maximum Gasteiger partial charge on any atom is 0.410 e. The van der Waals surface area contributed by atoms with Crippen molar-refractivity contribution in [3.05, 3.63) is 60.2 Å². The fourth-order valence-electron chi connectivity index (χ4n) is 3.87. The highest BCUT2D eigenvalue weighted by Gasteiger charge is 2.43. The van der Waals surface area contributed by atoms with Crippen LogP contribution in [0.4, 0.5) is 9.18 Å². The van der Waals surface area contributed by atoms with Crippen molar-refractivity contribution in [2.45, 2.75) is 38.4 Å². The Hall–Kier alpha value is -3.26. The van der Waals surface area contributed by atoms with E-state index in [1.165, 1.54) is 17.0 Å². The molecular weight excluding hydrogens is 411 g/mol. The number of aryl methyl sites for hydroxylation is 1. The van der Waals surface area contributed by atoms with E-state index in [1.807, 2.05) is 46.1 Å². The topological polar surface area (TPSA) is 80.5 Å². The quantitative estimate of drug-likeness (QED) is 0.666. The van der Waals surface area contributed by atoms with Crippen LogP contribution in [-0.4, -0.2) is 49.6 Å². The number of hydrogen-bond donors (Lipinski definition) is 1. The Morgan fingerprint density at radius 3 is 2.53 bits per heavy atom. The maximum absolute atomic E-state index is 13.4. The molecule has 1 aliphatic heterocycles. The van der Waals surface area contributed by atoms with Gasteiger partial charge in [-0.1, -0.05) is 0 Å². The summed E-state index contributed by atoms with van der Waals surface area (Å²) >= 11 is 0. The van der Waals surface area contributed by atoms with Crippen molar-refractivity contribution in [2.24, 2.45) is 7.05 Å². The minimum atomic E-state index is -1.29. The van der Waals surface area contributed by atoms with Crippen molar-refractivity contribution in [1.29, 1.82) is 0 Å². The number of aromatic nitrogens is 3. The molecule has 4 rings (SSSR count). The number of ether oxygens (including phenoxy) is 1. The SMILES string of the molecule is Cn1ccc(-c2cc(-c3ccc(F)cc3)ncc2C2(O)CCN(C(=O)OC(C)(C)C)C2)n1. The normalized spacial score (nSPS) is 18.8. The summed E-state index contributed by atoms with van der Waals surface area (Å²) < 4.78 is 20.5. The predicted octanol–water partition coefficient (Wildman–Crippen LogP) is 4.12. The van der Waals surface area contributed by atoms with E-state index in [4.69, 9.17) is 4.74 Å². The maximum atomic E-state index is 13.4. The second-order valence-electron chi connectivity index (χ2n) is 9.18. The van der Waals surface area contributed by atoms with E-state index < -0.39 is 17.3 Å². The number of rotatable bonds is 3. The van der Waals surface area contributed by atoms with Crippen LogP contribution in [0, 0.1) is 5.82 Å². The number of halogens is 1. The highest BCUT2D eigenvalue weighted by atomic mass is 19.1. The zero-order valence-corrected chi connectivity index (χ0v) is 18.7. The van der Waals surface area contributed by atoms with Crippen molar-refractivity contribution in [2.75, 3.05) is 13.1 Å². The van der Waals surface area contributed by atoms with E-state index >= 15 is 0 Å². The predicted molar refractivity (Wildman–Crippen MR) is 118 cm³/mol. The van der Waals surface area contributed by atoms with E-state index in [1.54, 1.807) is 23.0 Å². The third-order valence-electron chi connectivity index (χ3n) is 5.43. The average molecular weight is 439 g/mol. The van der Waals surface area contributed by atoms with Crippen LogP contribution in [0.3, 0.4) is 0 Å². The molecule has 0 bridgehead atoms. The molecule has 1 aromatic carbocycles. The minimum absolute atomic E-state index is 0.0965. The lowest BCUT2D eigenvalue weighted by atomic mass is 9.88. The molecule has 1 atom stereocenters. The summed E-state index contributed by atoms with van der Waals surface area (Å²) in [6, 6.07) is 9.79. The van der Waals surface area contributed by atoms with Crippen molar-refractivity contribution in [1.82, 2.24) is 19.7 Å². The molecule has 2 aromatic heterocycles. The van der Waals surface area contributed by atoms with Crippen molar-refractivity contribution >= 4 is 6.09 Å². The van der Waals surface area contributed by atoms with E-state index in [0.29, 0.717) is 35.5 Å². The molecule has 1 unspecified atom stereocenters. The van der Waals surface area contributed by atoms with Crippen LogP contribution in [0.15, 0.2) is 48.8 Å². The van der Waals surface area contributed by atoms with Crippen LogP contribution in [0.2, 0.25) is 0 Å². The highest BCUT2D eigenvalue weighted by molar-refractivity contribution is 5.73. The number of pyridine rings is 1. The van der Waals surface area contributed by atoms with Gasteiger partial charge in [-0.05, 0) is 63.6 Å². The standard InChI is InChI=1S/C24H27FN4O3/c1-23(2,3)32-22(30)29-12-10-24(31,15-29)19-14-26-21(16-5-7-17(25)8-6-16)13-18(19)20-9-11-28(4)27-20/h5-9,11,13-14,31H,10,12,15H2,1-4H3. The molecule has 0 radical (unpaired) electrons. The number of hydrogen-bond acceptors (Lipinski definition) is 5. The molecular formula is C24H27FN4O3. The van der Waals surface area contributed by atoms with Crippen LogP contribution in [-0.2, 0) is 17.4 Å². The van der Waals surface area contributed by atoms with Crippen LogP contribution < -0.4 is 0 Å². The lowest BCUT2D eigenvalue weighted by Gasteiger charge is -2.27. The van der Waals surface area contributed by atoms with Gasteiger partial charge in [0.15, 0.2) is 0 Å². The van der Waals surface area contributed by atoms with Gasteiger partial charge in [0.25, 0.3) is 0 Å². The van der Waals surface area contributed by atoms with Gasteiger partial charge in [-0.25, -0.2) is 9.18 Å². The molecule has 0 spiro atoms. The smallest absolute Gasteiger partial charge is 0.410 e. The number of amides is 1.